The van der Waals surface area contributed by atoms with Gasteiger partial charge in [0.1, 0.15) is 0 Å². The van der Waals surface area contributed by atoms with Gasteiger partial charge in [0.05, 0.1) is 11.5 Å². The lowest BCUT2D eigenvalue weighted by Gasteiger charge is -2.20. The van der Waals surface area contributed by atoms with Crippen LogP contribution >= 0.6 is 11.6 Å². The SMILES string of the molecule is C=CCN(CCOC)S(=O)(=O)c1ccc(Cl)c(CN)c1. The van der Waals surface area contributed by atoms with E-state index in [0.29, 0.717) is 17.2 Å². The van der Waals surface area contributed by atoms with Crippen molar-refractivity contribution in [2.75, 3.05) is 26.8 Å². The molecular formula is C13H19ClN2O3S. The van der Waals surface area contributed by atoms with Gasteiger partial charge in [0, 0.05) is 31.8 Å². The van der Waals surface area contributed by atoms with E-state index in [9.17, 15) is 8.42 Å². The first-order valence-electron chi connectivity index (χ1n) is 6.05. The third-order valence-electron chi connectivity index (χ3n) is 2.75. The molecule has 112 valence electrons. The third-order valence-corrected chi connectivity index (χ3v) is 4.98. The molecule has 0 unspecified atom stereocenters. The Labute approximate surface area is 125 Å². The summed E-state index contributed by atoms with van der Waals surface area (Å²) in [6, 6.07) is 4.51. The Morgan fingerprint density at radius 1 is 1.50 bits per heavy atom. The molecule has 1 aromatic carbocycles. The smallest absolute Gasteiger partial charge is 0.243 e. The monoisotopic (exact) mass is 318 g/mol. The van der Waals surface area contributed by atoms with Gasteiger partial charge < -0.3 is 10.5 Å². The second kappa shape index (κ2) is 7.75. The highest BCUT2D eigenvalue weighted by Crippen LogP contribution is 2.22. The second-order valence-electron chi connectivity index (χ2n) is 4.10. The summed E-state index contributed by atoms with van der Waals surface area (Å²) in [4.78, 5) is 0.167. The molecule has 1 rings (SSSR count). The van der Waals surface area contributed by atoms with E-state index in [0.717, 1.165) is 0 Å². The maximum atomic E-state index is 12.5. The van der Waals surface area contributed by atoms with Crippen molar-refractivity contribution in [1.29, 1.82) is 0 Å². The molecule has 5 nitrogen and oxygen atoms in total. The zero-order valence-electron chi connectivity index (χ0n) is 11.4. The number of sulfonamides is 1. The normalized spacial score (nSPS) is 11.8. The van der Waals surface area contributed by atoms with E-state index in [4.69, 9.17) is 22.1 Å². The van der Waals surface area contributed by atoms with Gasteiger partial charge in [-0.3, -0.25) is 0 Å². The van der Waals surface area contributed by atoms with Crippen LogP contribution in [0, 0.1) is 0 Å². The summed E-state index contributed by atoms with van der Waals surface area (Å²) in [6.45, 7) is 4.54. The van der Waals surface area contributed by atoms with E-state index in [-0.39, 0.29) is 24.5 Å². The molecule has 0 bridgehead atoms. The first-order valence-corrected chi connectivity index (χ1v) is 7.87. The van der Waals surface area contributed by atoms with E-state index in [2.05, 4.69) is 6.58 Å². The van der Waals surface area contributed by atoms with E-state index in [1.165, 1.54) is 29.6 Å². The summed E-state index contributed by atoms with van der Waals surface area (Å²) in [6.07, 6.45) is 1.53. The van der Waals surface area contributed by atoms with Gasteiger partial charge in [-0.15, -0.1) is 6.58 Å². The molecule has 0 heterocycles. The van der Waals surface area contributed by atoms with E-state index >= 15 is 0 Å². The maximum Gasteiger partial charge on any atom is 0.243 e. The minimum Gasteiger partial charge on any atom is -0.383 e. The Bertz CT molecular complexity index is 561. The van der Waals surface area contributed by atoms with Gasteiger partial charge in [-0.05, 0) is 23.8 Å². The van der Waals surface area contributed by atoms with Crippen LogP contribution in [-0.4, -0.2) is 39.5 Å². The maximum absolute atomic E-state index is 12.5. The fourth-order valence-corrected chi connectivity index (χ4v) is 3.30. The molecule has 0 amide bonds. The van der Waals surface area contributed by atoms with Crippen molar-refractivity contribution in [3.63, 3.8) is 0 Å². The molecule has 0 spiro atoms. The van der Waals surface area contributed by atoms with Crippen LogP contribution in [0.5, 0.6) is 0 Å². The van der Waals surface area contributed by atoms with Crippen molar-refractivity contribution in [2.24, 2.45) is 5.73 Å². The lowest BCUT2D eigenvalue weighted by atomic mass is 10.2. The summed E-state index contributed by atoms with van der Waals surface area (Å²) in [5, 5.41) is 0.457. The first kappa shape index (κ1) is 17.1. The number of methoxy groups -OCH3 is 1. The largest absolute Gasteiger partial charge is 0.383 e. The van der Waals surface area contributed by atoms with Crippen molar-refractivity contribution >= 4 is 21.6 Å². The molecule has 0 aliphatic rings. The lowest BCUT2D eigenvalue weighted by Crippen LogP contribution is -2.34. The zero-order chi connectivity index (χ0) is 15.2. The minimum absolute atomic E-state index is 0.167. The molecular weight excluding hydrogens is 300 g/mol. The van der Waals surface area contributed by atoms with Crippen LogP contribution in [0.4, 0.5) is 0 Å². The summed E-state index contributed by atoms with van der Waals surface area (Å²) in [7, 11) is -2.10. The second-order valence-corrected chi connectivity index (χ2v) is 6.45. The zero-order valence-corrected chi connectivity index (χ0v) is 13.0. The number of hydrogen-bond acceptors (Lipinski definition) is 4. The van der Waals surface area contributed by atoms with Gasteiger partial charge in [-0.25, -0.2) is 8.42 Å². The van der Waals surface area contributed by atoms with Gasteiger partial charge in [-0.1, -0.05) is 17.7 Å². The quantitative estimate of drug-likeness (QED) is 0.739. The molecule has 0 atom stereocenters. The van der Waals surface area contributed by atoms with Gasteiger partial charge >= 0.3 is 0 Å². The van der Waals surface area contributed by atoms with Crippen LogP contribution in [0.15, 0.2) is 35.7 Å². The lowest BCUT2D eigenvalue weighted by molar-refractivity contribution is 0.182. The molecule has 0 aliphatic heterocycles. The molecule has 0 aromatic heterocycles. The fraction of sp³-hybridized carbons (Fsp3) is 0.385. The van der Waals surface area contributed by atoms with Crippen molar-refractivity contribution in [3.8, 4) is 0 Å². The standard InChI is InChI=1S/C13H19ClN2O3S/c1-3-6-16(7-8-19-2)20(17,18)12-4-5-13(14)11(9-12)10-15/h3-5,9H,1,6-8,10,15H2,2H3. The molecule has 0 aliphatic carbocycles. The number of hydrogen-bond donors (Lipinski definition) is 1. The Morgan fingerprint density at radius 2 is 2.20 bits per heavy atom. The molecule has 7 heteroatoms. The van der Waals surface area contributed by atoms with Crippen LogP contribution < -0.4 is 5.73 Å². The van der Waals surface area contributed by atoms with Crippen molar-refractivity contribution < 1.29 is 13.2 Å². The number of halogens is 1. The van der Waals surface area contributed by atoms with Crippen molar-refractivity contribution in [3.05, 3.63) is 41.4 Å². The summed E-state index contributed by atoms with van der Waals surface area (Å²) in [5.74, 6) is 0. The number of rotatable bonds is 8. The van der Waals surface area contributed by atoms with Gasteiger partial charge in [-0.2, -0.15) is 4.31 Å². The number of benzene rings is 1. The number of nitrogens with zero attached hydrogens (tertiary/aromatic N) is 1. The number of ether oxygens (including phenoxy) is 1. The van der Waals surface area contributed by atoms with Crippen LogP contribution in [0.2, 0.25) is 5.02 Å². The Balaban J connectivity index is 3.14. The fourth-order valence-electron chi connectivity index (χ4n) is 1.66. The molecule has 2 N–H and O–H groups in total. The van der Waals surface area contributed by atoms with E-state index < -0.39 is 10.0 Å². The summed E-state index contributed by atoms with van der Waals surface area (Å²) < 4.78 is 31.3. The molecule has 0 saturated carbocycles. The number of nitrogens with two attached hydrogens (primary N) is 1. The topological polar surface area (TPSA) is 72.6 Å². The Kier molecular flexibility index (Phi) is 6.64. The highest BCUT2D eigenvalue weighted by molar-refractivity contribution is 7.89. The molecule has 20 heavy (non-hydrogen) atoms. The first-order chi connectivity index (χ1) is 9.47. The summed E-state index contributed by atoms with van der Waals surface area (Å²) >= 11 is 5.95. The molecule has 0 radical (unpaired) electrons. The Morgan fingerprint density at radius 3 is 2.75 bits per heavy atom. The van der Waals surface area contributed by atoms with Gasteiger partial charge in [0.25, 0.3) is 0 Å². The van der Waals surface area contributed by atoms with Crippen LogP contribution in [-0.2, 0) is 21.3 Å². The predicted octanol–water partition coefficient (Wildman–Crippen LogP) is 1.62. The minimum atomic E-state index is -3.62. The van der Waals surface area contributed by atoms with E-state index in [1.54, 1.807) is 6.07 Å². The van der Waals surface area contributed by atoms with Crippen molar-refractivity contribution in [1.82, 2.24) is 4.31 Å². The van der Waals surface area contributed by atoms with Crippen LogP contribution in [0.25, 0.3) is 0 Å². The molecule has 0 saturated heterocycles. The molecule has 1 aromatic rings. The highest BCUT2D eigenvalue weighted by atomic mass is 35.5. The molecule has 0 fully saturated rings. The highest BCUT2D eigenvalue weighted by Gasteiger charge is 2.23. The average molecular weight is 319 g/mol. The van der Waals surface area contributed by atoms with Gasteiger partial charge in [0.2, 0.25) is 10.0 Å². The Hall–Kier alpha value is -0.920. The third kappa shape index (κ3) is 4.04. The average Bonchev–Trinajstić information content (AvgIpc) is 2.43. The summed E-state index contributed by atoms with van der Waals surface area (Å²) in [5.41, 5.74) is 6.14. The van der Waals surface area contributed by atoms with Crippen LogP contribution in [0.3, 0.4) is 0 Å². The van der Waals surface area contributed by atoms with Crippen molar-refractivity contribution in [2.45, 2.75) is 11.4 Å². The van der Waals surface area contributed by atoms with Gasteiger partial charge in [0.15, 0.2) is 0 Å². The van der Waals surface area contributed by atoms with Crippen LogP contribution in [0.1, 0.15) is 5.56 Å². The van der Waals surface area contributed by atoms with E-state index in [1.807, 2.05) is 0 Å². The predicted molar refractivity (Wildman–Crippen MR) is 80.2 cm³/mol.